The van der Waals surface area contributed by atoms with E-state index in [1.807, 2.05) is 0 Å². The number of hydrogen-bond donors (Lipinski definition) is 0. The molecule has 1 aliphatic carbocycles. The predicted molar refractivity (Wildman–Crippen MR) is 63.3 cm³/mol. The van der Waals surface area contributed by atoms with Gasteiger partial charge in [-0.15, -0.1) is 0 Å². The van der Waals surface area contributed by atoms with Crippen molar-refractivity contribution in [2.45, 2.75) is 31.3 Å². The van der Waals surface area contributed by atoms with Crippen LogP contribution in [0.2, 0.25) is 0 Å². The zero-order chi connectivity index (χ0) is 8.77. The van der Waals surface area contributed by atoms with Gasteiger partial charge in [0.05, 0.1) is 0 Å². The SMILES string of the molecule is CP1(=S)CC(Br)=C2CCCCC21. The highest BCUT2D eigenvalue weighted by atomic mass is 79.9. The van der Waals surface area contributed by atoms with Crippen LogP contribution in [-0.4, -0.2) is 18.5 Å². The molecule has 1 heterocycles. The Morgan fingerprint density at radius 1 is 1.50 bits per heavy atom. The minimum absolute atomic E-state index is 0.815. The van der Waals surface area contributed by atoms with Gasteiger partial charge < -0.3 is 0 Å². The molecule has 0 amide bonds. The fourth-order valence-electron chi connectivity index (χ4n) is 2.40. The van der Waals surface area contributed by atoms with Crippen molar-refractivity contribution < 1.29 is 0 Å². The van der Waals surface area contributed by atoms with Crippen molar-refractivity contribution in [1.82, 2.24) is 0 Å². The van der Waals surface area contributed by atoms with E-state index in [4.69, 9.17) is 11.8 Å². The topological polar surface area (TPSA) is 0 Å². The second-order valence-electron chi connectivity index (χ2n) is 4.02. The lowest BCUT2D eigenvalue weighted by Crippen LogP contribution is -2.12. The summed E-state index contributed by atoms with van der Waals surface area (Å²) in [5.74, 6) is 0. The molecule has 0 radical (unpaired) electrons. The molecule has 0 bridgehead atoms. The van der Waals surface area contributed by atoms with Gasteiger partial charge in [-0.3, -0.25) is 0 Å². The molecule has 2 aliphatic rings. The van der Waals surface area contributed by atoms with Crippen LogP contribution in [0.3, 0.4) is 0 Å². The summed E-state index contributed by atoms with van der Waals surface area (Å²) in [7, 11) is 0. The van der Waals surface area contributed by atoms with Gasteiger partial charge in [0.2, 0.25) is 0 Å². The molecule has 0 aromatic carbocycles. The minimum Gasteiger partial charge on any atom is -0.0968 e. The number of allylic oxidation sites excluding steroid dienone is 2. The van der Waals surface area contributed by atoms with Crippen LogP contribution in [0.5, 0.6) is 0 Å². The highest BCUT2D eigenvalue weighted by Crippen LogP contribution is 2.62. The Bertz CT molecular complexity index is 282. The summed E-state index contributed by atoms with van der Waals surface area (Å²) in [5, 5.41) is 0. The van der Waals surface area contributed by atoms with Gasteiger partial charge >= 0.3 is 0 Å². The molecule has 0 N–H and O–H groups in total. The fraction of sp³-hybridized carbons (Fsp3) is 0.778. The van der Waals surface area contributed by atoms with Crippen molar-refractivity contribution in [2.75, 3.05) is 12.8 Å². The monoisotopic (exact) mass is 264 g/mol. The summed E-state index contributed by atoms with van der Waals surface area (Å²) in [5.41, 5.74) is 2.50. The summed E-state index contributed by atoms with van der Waals surface area (Å²) < 4.78 is 1.47. The van der Waals surface area contributed by atoms with Crippen LogP contribution in [0.1, 0.15) is 25.7 Å². The third-order valence-electron chi connectivity index (χ3n) is 3.04. The van der Waals surface area contributed by atoms with E-state index in [0.717, 1.165) is 5.66 Å². The van der Waals surface area contributed by atoms with Gasteiger partial charge in [0.15, 0.2) is 0 Å². The molecule has 3 heteroatoms. The molecule has 1 fully saturated rings. The summed E-state index contributed by atoms with van der Waals surface area (Å²) in [6.07, 6.45) is 6.68. The van der Waals surface area contributed by atoms with E-state index >= 15 is 0 Å². The predicted octanol–water partition coefficient (Wildman–Crippen LogP) is 3.70. The number of fused-ring (bicyclic) bond motifs is 1. The van der Waals surface area contributed by atoms with E-state index in [2.05, 4.69) is 22.6 Å². The molecule has 1 aliphatic heterocycles. The Hall–Kier alpha value is 0.870. The smallest absolute Gasteiger partial charge is 0.0103 e. The number of hydrogen-bond acceptors (Lipinski definition) is 1. The average Bonchev–Trinajstić information content (AvgIpc) is 2.25. The average molecular weight is 265 g/mol. The molecule has 0 aromatic rings. The van der Waals surface area contributed by atoms with Crippen molar-refractivity contribution in [3.05, 3.63) is 10.1 Å². The van der Waals surface area contributed by atoms with Crippen molar-refractivity contribution >= 4 is 33.8 Å². The maximum absolute atomic E-state index is 5.72. The molecule has 2 rings (SSSR count). The van der Waals surface area contributed by atoms with Crippen LogP contribution >= 0.6 is 22.0 Å². The van der Waals surface area contributed by atoms with E-state index in [1.165, 1.54) is 36.3 Å². The van der Waals surface area contributed by atoms with Crippen LogP contribution in [-0.2, 0) is 11.8 Å². The van der Waals surface area contributed by atoms with Crippen LogP contribution < -0.4 is 0 Å². The molecule has 0 nitrogen and oxygen atoms in total. The molecule has 0 aromatic heterocycles. The highest BCUT2D eigenvalue weighted by molar-refractivity contribution is 9.11. The van der Waals surface area contributed by atoms with Crippen LogP contribution in [0.25, 0.3) is 0 Å². The molecule has 0 saturated heterocycles. The highest BCUT2D eigenvalue weighted by Gasteiger charge is 2.36. The van der Waals surface area contributed by atoms with Gasteiger partial charge in [-0.2, -0.15) is 0 Å². The first kappa shape index (κ1) is 9.43. The van der Waals surface area contributed by atoms with Crippen molar-refractivity contribution in [3.63, 3.8) is 0 Å². The van der Waals surface area contributed by atoms with Gasteiger partial charge in [-0.05, 0) is 36.4 Å². The number of rotatable bonds is 0. The first-order chi connectivity index (χ1) is 5.61. The summed E-state index contributed by atoms with van der Waals surface area (Å²) in [4.78, 5) is 0. The van der Waals surface area contributed by atoms with E-state index in [9.17, 15) is 0 Å². The Labute approximate surface area is 87.9 Å². The van der Waals surface area contributed by atoms with E-state index in [0.29, 0.717) is 0 Å². The van der Waals surface area contributed by atoms with Gasteiger partial charge in [-0.1, -0.05) is 39.7 Å². The molecular weight excluding hydrogens is 251 g/mol. The molecular formula is C9H14BrPS. The lowest BCUT2D eigenvalue weighted by Gasteiger charge is -2.26. The van der Waals surface area contributed by atoms with Crippen LogP contribution in [0.15, 0.2) is 10.1 Å². The van der Waals surface area contributed by atoms with Gasteiger partial charge in [-0.25, -0.2) is 0 Å². The first-order valence-electron chi connectivity index (χ1n) is 4.55. The van der Waals surface area contributed by atoms with Gasteiger partial charge in [0.25, 0.3) is 0 Å². The fourth-order valence-corrected chi connectivity index (χ4v) is 8.85. The Morgan fingerprint density at radius 2 is 2.25 bits per heavy atom. The molecule has 68 valence electrons. The minimum atomic E-state index is -1.02. The van der Waals surface area contributed by atoms with Gasteiger partial charge in [0, 0.05) is 11.8 Å². The van der Waals surface area contributed by atoms with Crippen molar-refractivity contribution in [1.29, 1.82) is 0 Å². The molecule has 0 spiro atoms. The third kappa shape index (κ3) is 1.47. The lowest BCUT2D eigenvalue weighted by molar-refractivity contribution is 0.608. The zero-order valence-electron chi connectivity index (χ0n) is 7.35. The van der Waals surface area contributed by atoms with Crippen LogP contribution in [0.4, 0.5) is 0 Å². The summed E-state index contributed by atoms with van der Waals surface area (Å²) >= 11 is 9.42. The van der Waals surface area contributed by atoms with Gasteiger partial charge in [0.1, 0.15) is 0 Å². The standard InChI is InChI=1S/C9H14BrPS/c1-11(12)6-8(10)7-4-2-3-5-9(7)11/h9H,2-6H2,1H3. The third-order valence-corrected chi connectivity index (χ3v) is 8.24. The molecule has 12 heavy (non-hydrogen) atoms. The second-order valence-corrected chi connectivity index (χ2v) is 10.8. The summed E-state index contributed by atoms with van der Waals surface area (Å²) in [6, 6.07) is -1.02. The second kappa shape index (κ2) is 3.22. The molecule has 2 atom stereocenters. The molecule has 2 unspecified atom stereocenters. The first-order valence-corrected chi connectivity index (χ1v) is 8.84. The largest absolute Gasteiger partial charge is 0.0968 e. The Balaban J connectivity index is 2.34. The maximum Gasteiger partial charge on any atom is 0.0103 e. The quantitative estimate of drug-likeness (QED) is 0.602. The van der Waals surface area contributed by atoms with E-state index < -0.39 is 6.04 Å². The maximum atomic E-state index is 5.72. The lowest BCUT2D eigenvalue weighted by atomic mass is 9.94. The van der Waals surface area contributed by atoms with Crippen molar-refractivity contribution in [2.24, 2.45) is 0 Å². The zero-order valence-corrected chi connectivity index (χ0v) is 10.6. The van der Waals surface area contributed by atoms with Crippen LogP contribution in [0, 0.1) is 0 Å². The van der Waals surface area contributed by atoms with E-state index in [1.54, 1.807) is 5.57 Å². The van der Waals surface area contributed by atoms with Crippen molar-refractivity contribution in [3.8, 4) is 0 Å². The van der Waals surface area contributed by atoms with E-state index in [-0.39, 0.29) is 0 Å². The number of halogens is 1. The Kier molecular flexibility index (Phi) is 2.53. The molecule has 1 saturated carbocycles. The Morgan fingerprint density at radius 3 is 2.92 bits per heavy atom. The normalized spacial score (nSPS) is 41.7. The summed E-state index contributed by atoms with van der Waals surface area (Å²) in [6.45, 7) is 2.34.